The van der Waals surface area contributed by atoms with Crippen LogP contribution in [0.25, 0.3) is 6.08 Å². The van der Waals surface area contributed by atoms with Gasteiger partial charge in [-0.2, -0.15) is 0 Å². The lowest BCUT2D eigenvalue weighted by Gasteiger charge is -2.15. The van der Waals surface area contributed by atoms with Gasteiger partial charge in [0.2, 0.25) is 5.91 Å². The van der Waals surface area contributed by atoms with E-state index in [0.29, 0.717) is 17.0 Å². The van der Waals surface area contributed by atoms with E-state index in [1.54, 1.807) is 18.2 Å². The molecule has 1 fully saturated rings. The maximum atomic E-state index is 12.8. The molecule has 0 aromatic heterocycles. The zero-order valence-electron chi connectivity index (χ0n) is 17.9. The van der Waals surface area contributed by atoms with Crippen molar-refractivity contribution in [2.24, 2.45) is 0 Å². The number of imide groups is 1. The summed E-state index contributed by atoms with van der Waals surface area (Å²) in [6, 6.07) is 14.8. The number of carbonyl (C=O) groups excluding carboxylic acids is 3. The van der Waals surface area contributed by atoms with Gasteiger partial charge in [-0.05, 0) is 61.4 Å². The van der Waals surface area contributed by atoms with Crippen molar-refractivity contribution in [2.75, 3.05) is 11.9 Å². The van der Waals surface area contributed by atoms with E-state index in [2.05, 4.69) is 12.2 Å². The topological polar surface area (TPSA) is 75.7 Å². The number of thioether (sulfide) groups is 1. The first-order chi connectivity index (χ1) is 14.9. The third-order valence-electron chi connectivity index (χ3n) is 4.93. The minimum atomic E-state index is -0.482. The number of carbonyl (C=O) groups is 3. The van der Waals surface area contributed by atoms with Crippen molar-refractivity contribution < 1.29 is 19.1 Å². The van der Waals surface area contributed by atoms with E-state index >= 15 is 0 Å². The second-order valence-corrected chi connectivity index (χ2v) is 8.23. The van der Waals surface area contributed by atoms with E-state index in [-0.39, 0.29) is 17.6 Å². The van der Waals surface area contributed by atoms with Crippen molar-refractivity contribution in [1.82, 2.24) is 4.90 Å². The van der Waals surface area contributed by atoms with Gasteiger partial charge in [0.1, 0.15) is 12.3 Å². The molecule has 1 aliphatic heterocycles. The highest BCUT2D eigenvalue weighted by atomic mass is 32.2. The fourth-order valence-corrected chi connectivity index (χ4v) is 3.78. The SMILES string of the molecule is CCc1ccc(NC(=O)CN2C(=O)S/C(=C/c3ccccc3O[C@@H](C)CC)C2=O)cc1. The van der Waals surface area contributed by atoms with Gasteiger partial charge in [-0.15, -0.1) is 0 Å². The lowest BCUT2D eigenvalue weighted by molar-refractivity contribution is -0.127. The molecule has 7 heteroatoms. The zero-order chi connectivity index (χ0) is 22.4. The van der Waals surface area contributed by atoms with Crippen LogP contribution in [-0.4, -0.2) is 34.6 Å². The molecule has 1 heterocycles. The van der Waals surface area contributed by atoms with Crippen LogP contribution >= 0.6 is 11.8 Å². The Hall–Kier alpha value is -3.06. The Kier molecular flexibility index (Phi) is 7.52. The molecule has 0 spiro atoms. The van der Waals surface area contributed by atoms with E-state index < -0.39 is 17.1 Å². The highest BCUT2D eigenvalue weighted by molar-refractivity contribution is 8.18. The molecule has 3 amide bonds. The maximum Gasteiger partial charge on any atom is 0.294 e. The smallest absolute Gasteiger partial charge is 0.294 e. The van der Waals surface area contributed by atoms with Crippen LogP contribution in [0.3, 0.4) is 0 Å². The average molecular weight is 439 g/mol. The standard InChI is InChI=1S/C24H26N2O4S/c1-4-16(3)30-20-9-7-6-8-18(20)14-21-23(28)26(24(29)31-21)15-22(27)25-19-12-10-17(5-2)11-13-19/h6-14,16H,4-5,15H2,1-3H3,(H,25,27)/b21-14+/t16-/m0/s1. The number of hydrogen-bond acceptors (Lipinski definition) is 5. The Morgan fingerprint density at radius 3 is 2.52 bits per heavy atom. The largest absolute Gasteiger partial charge is 0.490 e. The molecule has 1 aliphatic rings. The Labute approximate surface area is 186 Å². The van der Waals surface area contributed by atoms with Crippen LogP contribution in [0.15, 0.2) is 53.4 Å². The molecule has 1 atom stereocenters. The molecule has 0 bridgehead atoms. The molecule has 2 aromatic rings. The summed E-state index contributed by atoms with van der Waals surface area (Å²) in [4.78, 5) is 38.8. The molecule has 6 nitrogen and oxygen atoms in total. The molecule has 1 N–H and O–H groups in total. The first-order valence-electron chi connectivity index (χ1n) is 10.3. The number of rotatable bonds is 8. The van der Waals surface area contributed by atoms with Crippen molar-refractivity contribution >= 4 is 40.6 Å². The van der Waals surface area contributed by atoms with Crippen molar-refractivity contribution in [3.63, 3.8) is 0 Å². The summed E-state index contributed by atoms with van der Waals surface area (Å²) in [5.41, 5.74) is 2.50. The maximum absolute atomic E-state index is 12.8. The van der Waals surface area contributed by atoms with Crippen molar-refractivity contribution in [1.29, 1.82) is 0 Å². The number of benzene rings is 2. The molecule has 1 saturated heterocycles. The van der Waals surface area contributed by atoms with Gasteiger partial charge >= 0.3 is 0 Å². The Morgan fingerprint density at radius 2 is 1.84 bits per heavy atom. The average Bonchev–Trinajstić information content (AvgIpc) is 3.02. The second kappa shape index (κ2) is 10.3. The molecule has 0 unspecified atom stereocenters. The molecule has 0 saturated carbocycles. The summed E-state index contributed by atoms with van der Waals surface area (Å²) in [7, 11) is 0. The summed E-state index contributed by atoms with van der Waals surface area (Å²) in [5, 5.41) is 2.26. The lowest BCUT2D eigenvalue weighted by atomic mass is 10.1. The van der Waals surface area contributed by atoms with Gasteiger partial charge in [0.05, 0.1) is 11.0 Å². The number of ether oxygens (including phenoxy) is 1. The zero-order valence-corrected chi connectivity index (χ0v) is 18.7. The van der Waals surface area contributed by atoms with Crippen molar-refractivity contribution in [2.45, 2.75) is 39.7 Å². The number of anilines is 1. The third-order valence-corrected chi connectivity index (χ3v) is 5.84. The lowest BCUT2D eigenvalue weighted by Crippen LogP contribution is -2.36. The minimum Gasteiger partial charge on any atom is -0.490 e. The Bertz CT molecular complexity index is 1000. The van der Waals surface area contributed by atoms with Crippen LogP contribution in [0.2, 0.25) is 0 Å². The van der Waals surface area contributed by atoms with E-state index in [0.717, 1.165) is 35.1 Å². The number of nitrogens with one attached hydrogen (secondary N) is 1. The van der Waals surface area contributed by atoms with Crippen LogP contribution in [0.1, 0.15) is 38.3 Å². The molecule has 0 radical (unpaired) electrons. The predicted molar refractivity (Wildman–Crippen MR) is 124 cm³/mol. The van der Waals surface area contributed by atoms with Crippen LogP contribution < -0.4 is 10.1 Å². The number of para-hydroxylation sites is 1. The van der Waals surface area contributed by atoms with Gasteiger partial charge in [-0.1, -0.05) is 44.2 Å². The molecule has 2 aromatic carbocycles. The summed E-state index contributed by atoms with van der Waals surface area (Å²) >= 11 is 0.826. The second-order valence-electron chi connectivity index (χ2n) is 7.24. The normalized spacial score (nSPS) is 16.0. The number of amides is 3. The summed E-state index contributed by atoms with van der Waals surface area (Å²) < 4.78 is 5.91. The quantitative estimate of drug-likeness (QED) is 0.580. The molecule has 3 rings (SSSR count). The molecule has 0 aliphatic carbocycles. The van der Waals surface area contributed by atoms with Gasteiger partial charge in [-0.25, -0.2) is 0 Å². The van der Waals surface area contributed by atoms with Gasteiger partial charge < -0.3 is 10.1 Å². The predicted octanol–water partition coefficient (Wildman–Crippen LogP) is 5.10. The van der Waals surface area contributed by atoms with Crippen molar-refractivity contribution in [3.05, 3.63) is 64.6 Å². The van der Waals surface area contributed by atoms with Crippen LogP contribution in [0.5, 0.6) is 5.75 Å². The van der Waals surface area contributed by atoms with Gasteiger partial charge in [0.25, 0.3) is 11.1 Å². The van der Waals surface area contributed by atoms with Crippen LogP contribution in [0, 0.1) is 0 Å². The summed E-state index contributed by atoms with van der Waals surface area (Å²) in [5.74, 6) is -0.255. The molecular weight excluding hydrogens is 412 g/mol. The van der Waals surface area contributed by atoms with E-state index in [4.69, 9.17) is 4.74 Å². The van der Waals surface area contributed by atoms with E-state index in [9.17, 15) is 14.4 Å². The van der Waals surface area contributed by atoms with Crippen molar-refractivity contribution in [3.8, 4) is 5.75 Å². The van der Waals surface area contributed by atoms with Gasteiger partial charge in [-0.3, -0.25) is 19.3 Å². The van der Waals surface area contributed by atoms with Crippen LogP contribution in [-0.2, 0) is 16.0 Å². The fourth-order valence-electron chi connectivity index (χ4n) is 2.95. The first-order valence-corrected chi connectivity index (χ1v) is 11.1. The number of aryl methyl sites for hydroxylation is 1. The summed E-state index contributed by atoms with van der Waals surface area (Å²) in [6.07, 6.45) is 3.42. The van der Waals surface area contributed by atoms with Gasteiger partial charge in [0, 0.05) is 11.3 Å². The molecule has 162 valence electrons. The number of nitrogens with zero attached hydrogens (tertiary/aromatic N) is 1. The third kappa shape index (κ3) is 5.76. The van der Waals surface area contributed by atoms with Crippen LogP contribution in [0.4, 0.5) is 10.5 Å². The molecule has 31 heavy (non-hydrogen) atoms. The van der Waals surface area contributed by atoms with Gasteiger partial charge in [0.15, 0.2) is 0 Å². The fraction of sp³-hybridized carbons (Fsp3) is 0.292. The monoisotopic (exact) mass is 438 g/mol. The number of hydrogen-bond donors (Lipinski definition) is 1. The summed E-state index contributed by atoms with van der Waals surface area (Å²) in [6.45, 7) is 5.72. The van der Waals surface area contributed by atoms with E-state index in [1.807, 2.05) is 50.2 Å². The highest BCUT2D eigenvalue weighted by Gasteiger charge is 2.36. The first kappa shape index (κ1) is 22.6. The minimum absolute atomic E-state index is 0.0275. The molecular formula is C24H26N2O4S. The Morgan fingerprint density at radius 1 is 1.13 bits per heavy atom. The highest BCUT2D eigenvalue weighted by Crippen LogP contribution is 2.34. The van der Waals surface area contributed by atoms with E-state index in [1.165, 1.54) is 0 Å². The Balaban J connectivity index is 1.70.